The summed E-state index contributed by atoms with van der Waals surface area (Å²) < 4.78 is 5.93. The highest BCUT2D eigenvalue weighted by molar-refractivity contribution is 9.10. The van der Waals surface area contributed by atoms with Crippen LogP contribution in [0.1, 0.15) is 40.5 Å². The number of thioether (sulfide) groups is 1. The van der Waals surface area contributed by atoms with Gasteiger partial charge in [-0.2, -0.15) is 0 Å². The maximum Gasteiger partial charge on any atom is 0.338 e. The van der Waals surface area contributed by atoms with Crippen LogP contribution in [-0.2, 0) is 4.74 Å². The van der Waals surface area contributed by atoms with Gasteiger partial charge in [-0.1, -0.05) is 15.9 Å². The molecular weight excluding hydrogens is 506 g/mol. The molecule has 2 aromatic carbocycles. The number of esters is 1. The monoisotopic (exact) mass is 531 g/mol. The highest BCUT2D eigenvalue weighted by Gasteiger charge is 2.47. The van der Waals surface area contributed by atoms with Gasteiger partial charge in [-0.05, 0) is 68.3 Å². The highest BCUT2D eigenvalue weighted by atomic mass is 79.9. The summed E-state index contributed by atoms with van der Waals surface area (Å²) in [7, 11) is 0. The molecular formula is C24H26BrN3O4S. The maximum atomic E-state index is 13.2. The summed E-state index contributed by atoms with van der Waals surface area (Å²) in [4.78, 5) is 41.3. The van der Waals surface area contributed by atoms with Crippen LogP contribution in [0.25, 0.3) is 0 Å². The van der Waals surface area contributed by atoms with Gasteiger partial charge < -0.3 is 19.9 Å². The Kier molecular flexibility index (Phi) is 7.29. The molecule has 0 radical (unpaired) electrons. The minimum Gasteiger partial charge on any atom is -0.462 e. The van der Waals surface area contributed by atoms with Gasteiger partial charge in [-0.25, -0.2) is 9.59 Å². The molecule has 0 aromatic heterocycles. The van der Waals surface area contributed by atoms with E-state index in [0.29, 0.717) is 36.5 Å². The van der Waals surface area contributed by atoms with Crippen LogP contribution in [-0.4, -0.2) is 64.6 Å². The zero-order valence-corrected chi connectivity index (χ0v) is 20.8. The highest BCUT2D eigenvalue weighted by Crippen LogP contribution is 2.44. The number of ether oxygens (including phenoxy) is 1. The molecule has 9 heteroatoms. The van der Waals surface area contributed by atoms with Gasteiger partial charge in [0.25, 0.3) is 5.91 Å². The standard InChI is InChI=1S/C24H26BrN3O4S/c1-2-32-22(30)18-5-9-20(10-6-18)26-23(31)27-13-11-24(12-14-27)28(15-16-33-24)21(29)17-3-7-19(25)8-4-17/h3-10H,2,11-16H2,1H3,(H,26,31). The molecule has 174 valence electrons. The Balaban J connectivity index is 1.35. The Morgan fingerprint density at radius 1 is 1.00 bits per heavy atom. The Bertz CT molecular complexity index is 1020. The number of carbonyl (C=O) groups excluding carboxylic acids is 3. The fourth-order valence-electron chi connectivity index (χ4n) is 4.22. The number of benzene rings is 2. The lowest BCUT2D eigenvalue weighted by molar-refractivity contribution is 0.0525. The first-order chi connectivity index (χ1) is 15.9. The van der Waals surface area contributed by atoms with E-state index < -0.39 is 0 Å². The molecule has 0 unspecified atom stereocenters. The first-order valence-corrected chi connectivity index (χ1v) is 12.7. The number of amides is 3. The van der Waals surface area contributed by atoms with Gasteiger partial charge in [0.05, 0.1) is 17.0 Å². The predicted molar refractivity (Wildman–Crippen MR) is 133 cm³/mol. The molecule has 0 atom stereocenters. The molecule has 7 nitrogen and oxygen atoms in total. The summed E-state index contributed by atoms with van der Waals surface area (Å²) >= 11 is 5.23. The number of piperidine rings is 1. The van der Waals surface area contributed by atoms with Crippen molar-refractivity contribution in [3.05, 3.63) is 64.1 Å². The zero-order valence-electron chi connectivity index (χ0n) is 18.4. The lowest BCUT2D eigenvalue weighted by atomic mass is 10.0. The number of hydrogen-bond acceptors (Lipinski definition) is 5. The summed E-state index contributed by atoms with van der Waals surface area (Å²) in [6, 6.07) is 14.0. The van der Waals surface area contributed by atoms with Crippen molar-refractivity contribution in [2.45, 2.75) is 24.6 Å². The summed E-state index contributed by atoms with van der Waals surface area (Å²) in [6.45, 7) is 3.94. The Hall–Kier alpha value is -2.52. The number of hydrogen-bond donors (Lipinski definition) is 1. The van der Waals surface area contributed by atoms with Crippen molar-refractivity contribution < 1.29 is 19.1 Å². The normalized spacial score (nSPS) is 17.2. The molecule has 2 aliphatic rings. The number of rotatable bonds is 4. The molecule has 2 aliphatic heterocycles. The van der Waals surface area contributed by atoms with E-state index in [1.54, 1.807) is 36.1 Å². The topological polar surface area (TPSA) is 79.0 Å². The molecule has 2 fully saturated rings. The number of urea groups is 1. The second-order valence-electron chi connectivity index (χ2n) is 7.97. The molecule has 0 aliphatic carbocycles. The molecule has 33 heavy (non-hydrogen) atoms. The minimum absolute atomic E-state index is 0.0482. The molecule has 0 bridgehead atoms. The van der Waals surface area contributed by atoms with Gasteiger partial charge in [-0.3, -0.25) is 4.79 Å². The average Bonchev–Trinajstić information content (AvgIpc) is 3.23. The van der Waals surface area contributed by atoms with E-state index in [2.05, 4.69) is 21.2 Å². The zero-order chi connectivity index (χ0) is 23.4. The number of nitrogens with one attached hydrogen (secondary N) is 1. The smallest absolute Gasteiger partial charge is 0.338 e. The van der Waals surface area contributed by atoms with Crippen LogP contribution in [0, 0.1) is 0 Å². The van der Waals surface area contributed by atoms with Crippen molar-refractivity contribution in [3.8, 4) is 0 Å². The third-order valence-electron chi connectivity index (χ3n) is 5.99. The van der Waals surface area contributed by atoms with E-state index in [9.17, 15) is 14.4 Å². The van der Waals surface area contributed by atoms with E-state index in [-0.39, 0.29) is 22.8 Å². The third kappa shape index (κ3) is 5.19. The number of nitrogens with zero attached hydrogens (tertiary/aromatic N) is 2. The van der Waals surface area contributed by atoms with E-state index in [1.165, 1.54) is 0 Å². The average molecular weight is 532 g/mol. The van der Waals surface area contributed by atoms with Crippen molar-refractivity contribution in [2.75, 3.05) is 37.3 Å². The van der Waals surface area contributed by atoms with Gasteiger partial charge in [0, 0.05) is 41.1 Å². The van der Waals surface area contributed by atoms with Crippen molar-refractivity contribution in [1.29, 1.82) is 0 Å². The van der Waals surface area contributed by atoms with Gasteiger partial charge in [0.2, 0.25) is 0 Å². The molecule has 2 aromatic rings. The summed E-state index contributed by atoms with van der Waals surface area (Å²) in [6.07, 6.45) is 1.46. The van der Waals surface area contributed by atoms with Gasteiger partial charge in [0.15, 0.2) is 0 Å². The van der Waals surface area contributed by atoms with Crippen LogP contribution in [0.15, 0.2) is 53.0 Å². The van der Waals surface area contributed by atoms with E-state index in [0.717, 1.165) is 29.6 Å². The van der Waals surface area contributed by atoms with Crippen molar-refractivity contribution in [2.24, 2.45) is 0 Å². The summed E-state index contributed by atoms with van der Waals surface area (Å²) in [5, 5.41) is 2.90. The number of halogens is 1. The van der Waals surface area contributed by atoms with E-state index >= 15 is 0 Å². The molecule has 0 saturated carbocycles. The predicted octanol–water partition coefficient (Wildman–Crippen LogP) is 4.84. The van der Waals surface area contributed by atoms with Crippen LogP contribution in [0.2, 0.25) is 0 Å². The first-order valence-electron chi connectivity index (χ1n) is 11.0. The van der Waals surface area contributed by atoms with Gasteiger partial charge in [-0.15, -0.1) is 11.8 Å². The quantitative estimate of drug-likeness (QED) is 0.571. The number of likely N-dealkylation sites (tertiary alicyclic amines) is 1. The Morgan fingerprint density at radius 3 is 2.27 bits per heavy atom. The third-order valence-corrected chi connectivity index (χ3v) is 8.07. The largest absolute Gasteiger partial charge is 0.462 e. The Labute approximate surface area is 206 Å². The summed E-state index contributed by atoms with van der Waals surface area (Å²) in [5.74, 6) is 0.571. The Morgan fingerprint density at radius 2 is 1.64 bits per heavy atom. The number of anilines is 1. The van der Waals surface area contributed by atoms with Crippen molar-refractivity contribution in [1.82, 2.24) is 9.80 Å². The van der Waals surface area contributed by atoms with E-state index in [1.807, 2.05) is 40.9 Å². The fourth-order valence-corrected chi connectivity index (χ4v) is 5.94. The van der Waals surface area contributed by atoms with Crippen LogP contribution in [0.4, 0.5) is 10.5 Å². The van der Waals surface area contributed by atoms with E-state index in [4.69, 9.17) is 4.74 Å². The van der Waals surface area contributed by atoms with Crippen molar-refractivity contribution >= 4 is 51.3 Å². The van der Waals surface area contributed by atoms with Crippen molar-refractivity contribution in [3.63, 3.8) is 0 Å². The van der Waals surface area contributed by atoms with Crippen LogP contribution in [0.5, 0.6) is 0 Å². The molecule has 4 rings (SSSR count). The molecule has 2 saturated heterocycles. The minimum atomic E-state index is -0.381. The lowest BCUT2D eigenvalue weighted by Gasteiger charge is -2.44. The summed E-state index contributed by atoms with van der Waals surface area (Å²) in [5.41, 5.74) is 1.76. The SMILES string of the molecule is CCOC(=O)c1ccc(NC(=O)N2CCC3(CC2)SCCN3C(=O)c2ccc(Br)cc2)cc1. The first kappa shape index (κ1) is 23.6. The van der Waals surface area contributed by atoms with Gasteiger partial charge in [0.1, 0.15) is 0 Å². The second-order valence-corrected chi connectivity index (χ2v) is 10.3. The lowest BCUT2D eigenvalue weighted by Crippen LogP contribution is -2.54. The number of carbonyl (C=O) groups is 3. The molecule has 2 heterocycles. The van der Waals surface area contributed by atoms with Crippen LogP contribution < -0.4 is 5.32 Å². The van der Waals surface area contributed by atoms with Crippen LogP contribution >= 0.6 is 27.7 Å². The molecule has 1 spiro atoms. The van der Waals surface area contributed by atoms with Gasteiger partial charge >= 0.3 is 12.0 Å². The van der Waals surface area contributed by atoms with Crippen LogP contribution in [0.3, 0.4) is 0 Å². The second kappa shape index (κ2) is 10.2. The maximum absolute atomic E-state index is 13.2. The fraction of sp³-hybridized carbons (Fsp3) is 0.375. The molecule has 3 amide bonds. The molecule has 1 N–H and O–H groups in total.